The molecule has 0 fully saturated rings. The molecule has 0 radical (unpaired) electrons. The van der Waals surface area contributed by atoms with Crippen LogP contribution in [0.1, 0.15) is 17.1 Å². The number of hydrogen-bond acceptors (Lipinski definition) is 5. The molecule has 0 saturated heterocycles. The maximum absolute atomic E-state index is 12.4. The van der Waals surface area contributed by atoms with Crippen LogP contribution in [-0.4, -0.2) is 18.5 Å². The van der Waals surface area contributed by atoms with Crippen molar-refractivity contribution in [3.8, 4) is 0 Å². The van der Waals surface area contributed by atoms with Gasteiger partial charge >= 0.3 is 0 Å². The number of anilines is 1. The van der Waals surface area contributed by atoms with E-state index < -0.39 is 16.6 Å². The van der Waals surface area contributed by atoms with E-state index in [1.807, 2.05) is 0 Å². The summed E-state index contributed by atoms with van der Waals surface area (Å²) in [5.74, 6) is 0.806. The molecule has 8 heteroatoms. The number of furan rings is 1. The van der Waals surface area contributed by atoms with Crippen molar-refractivity contribution in [2.75, 3.05) is 4.72 Å². The number of hydrogen-bond donors (Lipinski definition) is 2. The lowest BCUT2D eigenvalue weighted by Crippen LogP contribution is -2.16. The van der Waals surface area contributed by atoms with Gasteiger partial charge in [0, 0.05) is 16.2 Å². The molecule has 2 heterocycles. The summed E-state index contributed by atoms with van der Waals surface area (Å²) in [6, 6.07) is 3.20. The van der Waals surface area contributed by atoms with Crippen molar-refractivity contribution >= 4 is 31.8 Å². The molecule has 20 heavy (non-hydrogen) atoms. The van der Waals surface area contributed by atoms with E-state index in [9.17, 15) is 13.5 Å². The Kier molecular flexibility index (Phi) is 4.17. The van der Waals surface area contributed by atoms with E-state index in [0.717, 1.165) is 4.47 Å². The van der Waals surface area contributed by atoms with Crippen LogP contribution in [0.2, 0.25) is 0 Å². The molecule has 0 unspecified atom stereocenters. The molecule has 0 saturated carbocycles. The van der Waals surface area contributed by atoms with Crippen molar-refractivity contribution in [3.05, 3.63) is 39.9 Å². The monoisotopic (exact) mass is 360 g/mol. The molecule has 0 spiro atoms. The molecule has 0 atom stereocenters. The van der Waals surface area contributed by atoms with Crippen LogP contribution in [0.5, 0.6) is 0 Å². The Bertz CT molecular complexity index is 723. The molecular formula is C12H13BrN2O4S. The zero-order valence-corrected chi connectivity index (χ0v) is 13.2. The fourth-order valence-corrected chi connectivity index (χ4v) is 3.55. The van der Waals surface area contributed by atoms with Crippen molar-refractivity contribution in [2.45, 2.75) is 25.3 Å². The highest BCUT2D eigenvalue weighted by molar-refractivity contribution is 9.10. The number of aromatic nitrogens is 1. The van der Waals surface area contributed by atoms with Crippen LogP contribution in [0, 0.1) is 13.8 Å². The Morgan fingerprint density at radius 2 is 2.05 bits per heavy atom. The zero-order chi connectivity index (χ0) is 14.9. The minimum atomic E-state index is -3.86. The lowest BCUT2D eigenvalue weighted by molar-refractivity contribution is 0.276. The standard InChI is InChI=1S/C12H13BrN2O4S/c1-7-10(6-16)12(8(2)19-7)20(17,18)15-11-4-3-9(13)5-14-11/h3-5,16H,6H2,1-2H3,(H,14,15). The Hall–Kier alpha value is -1.38. The van der Waals surface area contributed by atoms with E-state index in [1.54, 1.807) is 13.0 Å². The van der Waals surface area contributed by atoms with Crippen molar-refractivity contribution < 1.29 is 17.9 Å². The Morgan fingerprint density at radius 1 is 1.35 bits per heavy atom. The number of aryl methyl sites for hydroxylation is 2. The summed E-state index contributed by atoms with van der Waals surface area (Å²) in [6.07, 6.45) is 1.48. The normalized spacial score (nSPS) is 11.6. The third-order valence-corrected chi connectivity index (χ3v) is 4.74. The molecular weight excluding hydrogens is 348 g/mol. The van der Waals surface area contributed by atoms with Crippen LogP contribution in [0.4, 0.5) is 5.82 Å². The summed E-state index contributed by atoms with van der Waals surface area (Å²) in [7, 11) is -3.86. The van der Waals surface area contributed by atoms with Crippen LogP contribution in [0.3, 0.4) is 0 Å². The highest BCUT2D eigenvalue weighted by atomic mass is 79.9. The van der Waals surface area contributed by atoms with Gasteiger partial charge in [-0.3, -0.25) is 4.72 Å². The molecule has 0 aromatic carbocycles. The molecule has 0 bridgehead atoms. The molecule has 0 aliphatic rings. The summed E-state index contributed by atoms with van der Waals surface area (Å²) in [6.45, 7) is 2.73. The molecule has 0 amide bonds. The van der Waals surface area contributed by atoms with Gasteiger partial charge in [0.1, 0.15) is 22.2 Å². The SMILES string of the molecule is Cc1oc(C)c(S(=O)(=O)Nc2ccc(Br)cn2)c1CO. The first-order valence-electron chi connectivity index (χ1n) is 5.69. The van der Waals surface area contributed by atoms with E-state index in [-0.39, 0.29) is 22.0 Å². The minimum Gasteiger partial charge on any atom is -0.465 e. The van der Waals surface area contributed by atoms with E-state index in [0.29, 0.717) is 5.76 Å². The molecule has 108 valence electrons. The van der Waals surface area contributed by atoms with Gasteiger partial charge in [-0.15, -0.1) is 0 Å². The first-order chi connectivity index (χ1) is 9.35. The number of aliphatic hydroxyl groups is 1. The summed E-state index contributed by atoms with van der Waals surface area (Å²) in [5, 5.41) is 9.30. The van der Waals surface area contributed by atoms with E-state index in [2.05, 4.69) is 25.6 Å². The molecule has 6 nitrogen and oxygen atoms in total. The number of sulfonamides is 1. The number of halogens is 1. The van der Waals surface area contributed by atoms with Crippen LogP contribution in [0.25, 0.3) is 0 Å². The van der Waals surface area contributed by atoms with E-state index >= 15 is 0 Å². The fourth-order valence-electron chi connectivity index (χ4n) is 1.87. The van der Waals surface area contributed by atoms with Crippen LogP contribution >= 0.6 is 15.9 Å². The van der Waals surface area contributed by atoms with Gasteiger partial charge in [0.2, 0.25) is 0 Å². The predicted octanol–water partition coefficient (Wildman–Crippen LogP) is 2.35. The first-order valence-corrected chi connectivity index (χ1v) is 7.97. The van der Waals surface area contributed by atoms with E-state index in [4.69, 9.17) is 4.42 Å². The average Bonchev–Trinajstić information content (AvgIpc) is 2.66. The number of aliphatic hydroxyl groups excluding tert-OH is 1. The van der Waals surface area contributed by atoms with Gasteiger partial charge in [0.15, 0.2) is 0 Å². The lowest BCUT2D eigenvalue weighted by atomic mass is 10.2. The Morgan fingerprint density at radius 3 is 2.60 bits per heavy atom. The second-order valence-corrected chi connectivity index (χ2v) is 6.68. The maximum Gasteiger partial charge on any atom is 0.266 e. The third-order valence-electron chi connectivity index (χ3n) is 2.72. The number of rotatable bonds is 4. The summed E-state index contributed by atoms with van der Waals surface area (Å²) in [4.78, 5) is 3.91. The zero-order valence-electron chi connectivity index (χ0n) is 10.8. The first kappa shape index (κ1) is 15.0. The van der Waals surface area contributed by atoms with Crippen molar-refractivity contribution in [1.82, 2.24) is 4.98 Å². The van der Waals surface area contributed by atoms with Gasteiger partial charge in [-0.25, -0.2) is 13.4 Å². The lowest BCUT2D eigenvalue weighted by Gasteiger charge is -2.08. The minimum absolute atomic E-state index is 0.0396. The van der Waals surface area contributed by atoms with Gasteiger partial charge in [0.05, 0.1) is 6.61 Å². The van der Waals surface area contributed by atoms with Crippen LogP contribution in [-0.2, 0) is 16.6 Å². The topological polar surface area (TPSA) is 92.4 Å². The molecule has 2 aromatic rings. The maximum atomic E-state index is 12.4. The summed E-state index contributed by atoms with van der Waals surface area (Å²) >= 11 is 3.22. The van der Waals surface area contributed by atoms with Gasteiger partial charge < -0.3 is 9.52 Å². The molecule has 2 rings (SSSR count). The number of nitrogens with zero attached hydrogens (tertiary/aromatic N) is 1. The smallest absolute Gasteiger partial charge is 0.266 e. The highest BCUT2D eigenvalue weighted by Crippen LogP contribution is 2.28. The van der Waals surface area contributed by atoms with Gasteiger partial charge in [-0.1, -0.05) is 0 Å². The van der Waals surface area contributed by atoms with Gasteiger partial charge in [0.25, 0.3) is 10.0 Å². The Labute approximate surface area is 125 Å². The Balaban J connectivity index is 2.43. The largest absolute Gasteiger partial charge is 0.465 e. The summed E-state index contributed by atoms with van der Waals surface area (Å²) in [5.41, 5.74) is 0.257. The van der Waals surface area contributed by atoms with Gasteiger partial charge in [-0.05, 0) is 41.9 Å². The molecule has 2 aromatic heterocycles. The second kappa shape index (κ2) is 5.55. The van der Waals surface area contributed by atoms with Gasteiger partial charge in [-0.2, -0.15) is 0 Å². The second-order valence-electron chi connectivity index (χ2n) is 4.15. The quantitative estimate of drug-likeness (QED) is 0.872. The van der Waals surface area contributed by atoms with Crippen LogP contribution < -0.4 is 4.72 Å². The van der Waals surface area contributed by atoms with Crippen molar-refractivity contribution in [1.29, 1.82) is 0 Å². The van der Waals surface area contributed by atoms with Crippen LogP contribution in [0.15, 0.2) is 32.1 Å². The molecule has 0 aliphatic heterocycles. The molecule has 0 aliphatic carbocycles. The van der Waals surface area contributed by atoms with Crippen molar-refractivity contribution in [3.63, 3.8) is 0 Å². The average molecular weight is 361 g/mol. The predicted molar refractivity (Wildman–Crippen MR) is 76.9 cm³/mol. The van der Waals surface area contributed by atoms with Crippen molar-refractivity contribution in [2.24, 2.45) is 0 Å². The van der Waals surface area contributed by atoms with E-state index in [1.165, 1.54) is 19.2 Å². The summed E-state index contributed by atoms with van der Waals surface area (Å²) < 4.78 is 33.1. The fraction of sp³-hybridized carbons (Fsp3) is 0.250. The highest BCUT2D eigenvalue weighted by Gasteiger charge is 2.26. The molecule has 2 N–H and O–H groups in total. The number of pyridine rings is 1. The number of nitrogens with one attached hydrogen (secondary N) is 1. The third kappa shape index (κ3) is 2.87.